The van der Waals surface area contributed by atoms with E-state index in [0.29, 0.717) is 24.8 Å². The first-order chi connectivity index (χ1) is 15.1. The SMILES string of the molecule is CC(C)COc1ccc(-c2cc(C(=O)NC[C@@H](c3ccco3)[NH+]3CCCC3)no2)cc1. The molecule has 1 fully saturated rings. The number of ether oxygens (including phenoxy) is 1. The molecule has 1 amide bonds. The molecule has 3 aromatic rings. The smallest absolute Gasteiger partial charge is 0.273 e. The number of carbonyl (C=O) groups excluding carboxylic acids is 1. The largest absolute Gasteiger partial charge is 0.493 e. The Hall–Kier alpha value is -3.06. The van der Waals surface area contributed by atoms with Gasteiger partial charge in [0.2, 0.25) is 0 Å². The number of amides is 1. The van der Waals surface area contributed by atoms with Crippen LogP contribution in [0.25, 0.3) is 11.3 Å². The number of aromatic nitrogens is 1. The predicted molar refractivity (Wildman–Crippen MR) is 116 cm³/mol. The number of likely N-dealkylation sites (tertiary alicyclic amines) is 1. The number of hydrogen-bond donors (Lipinski definition) is 2. The molecule has 31 heavy (non-hydrogen) atoms. The fourth-order valence-corrected chi connectivity index (χ4v) is 3.90. The van der Waals surface area contributed by atoms with Gasteiger partial charge in [-0.25, -0.2) is 0 Å². The van der Waals surface area contributed by atoms with Gasteiger partial charge >= 0.3 is 0 Å². The molecule has 164 valence electrons. The molecule has 2 N–H and O–H groups in total. The van der Waals surface area contributed by atoms with Crippen LogP contribution < -0.4 is 15.0 Å². The molecule has 0 bridgehead atoms. The number of nitrogens with one attached hydrogen (secondary N) is 2. The maximum Gasteiger partial charge on any atom is 0.273 e. The highest BCUT2D eigenvalue weighted by Crippen LogP contribution is 2.23. The van der Waals surface area contributed by atoms with Gasteiger partial charge in [0.25, 0.3) is 5.91 Å². The van der Waals surface area contributed by atoms with Crippen LogP contribution in [0.5, 0.6) is 5.75 Å². The molecule has 0 unspecified atom stereocenters. The van der Waals surface area contributed by atoms with Crippen LogP contribution in [-0.2, 0) is 0 Å². The summed E-state index contributed by atoms with van der Waals surface area (Å²) in [7, 11) is 0. The summed E-state index contributed by atoms with van der Waals surface area (Å²) in [6.45, 7) is 7.56. The van der Waals surface area contributed by atoms with Crippen LogP contribution >= 0.6 is 0 Å². The van der Waals surface area contributed by atoms with Crippen molar-refractivity contribution in [2.24, 2.45) is 5.92 Å². The number of hydrogen-bond acceptors (Lipinski definition) is 5. The summed E-state index contributed by atoms with van der Waals surface area (Å²) < 4.78 is 16.8. The van der Waals surface area contributed by atoms with E-state index in [2.05, 4.69) is 24.3 Å². The summed E-state index contributed by atoms with van der Waals surface area (Å²) >= 11 is 0. The van der Waals surface area contributed by atoms with Gasteiger partial charge in [0.1, 0.15) is 5.75 Å². The van der Waals surface area contributed by atoms with Crippen LogP contribution in [0.1, 0.15) is 49.0 Å². The van der Waals surface area contributed by atoms with Crippen molar-refractivity contribution in [3.63, 3.8) is 0 Å². The highest BCUT2D eigenvalue weighted by Gasteiger charge is 2.30. The van der Waals surface area contributed by atoms with E-state index in [4.69, 9.17) is 13.7 Å². The molecule has 3 heterocycles. The lowest BCUT2D eigenvalue weighted by molar-refractivity contribution is -0.919. The molecule has 0 saturated carbocycles. The Labute approximate surface area is 182 Å². The normalized spacial score (nSPS) is 15.3. The van der Waals surface area contributed by atoms with Crippen molar-refractivity contribution in [1.82, 2.24) is 10.5 Å². The molecule has 1 aliphatic heterocycles. The summed E-state index contributed by atoms with van der Waals surface area (Å²) in [4.78, 5) is 14.1. The van der Waals surface area contributed by atoms with Crippen molar-refractivity contribution in [2.45, 2.75) is 32.7 Å². The monoisotopic (exact) mass is 424 g/mol. The van der Waals surface area contributed by atoms with Gasteiger partial charge in [0, 0.05) is 24.5 Å². The molecule has 0 spiro atoms. The number of nitrogens with zero attached hydrogens (tertiary/aromatic N) is 1. The molecule has 0 aliphatic carbocycles. The van der Waals surface area contributed by atoms with E-state index in [9.17, 15) is 4.79 Å². The van der Waals surface area contributed by atoms with Crippen molar-refractivity contribution in [2.75, 3.05) is 26.2 Å². The second kappa shape index (κ2) is 9.83. The van der Waals surface area contributed by atoms with Gasteiger partial charge in [-0.15, -0.1) is 0 Å². The molecule has 1 aromatic carbocycles. The number of carbonyl (C=O) groups is 1. The highest BCUT2D eigenvalue weighted by molar-refractivity contribution is 5.93. The molecular weight excluding hydrogens is 394 g/mol. The minimum Gasteiger partial charge on any atom is -0.493 e. The van der Waals surface area contributed by atoms with E-state index in [1.807, 2.05) is 36.4 Å². The van der Waals surface area contributed by atoms with Gasteiger partial charge in [-0.3, -0.25) is 4.79 Å². The lowest BCUT2D eigenvalue weighted by Gasteiger charge is -2.22. The van der Waals surface area contributed by atoms with Crippen LogP contribution in [0.15, 0.2) is 57.7 Å². The molecule has 7 heteroatoms. The number of quaternary nitrogens is 1. The van der Waals surface area contributed by atoms with Crippen molar-refractivity contribution < 1.29 is 23.4 Å². The Morgan fingerprint density at radius 2 is 1.97 bits per heavy atom. The van der Waals surface area contributed by atoms with Crippen LogP contribution in [0.4, 0.5) is 0 Å². The molecular formula is C24H30N3O4+. The van der Waals surface area contributed by atoms with Gasteiger partial charge in [0.15, 0.2) is 23.3 Å². The van der Waals surface area contributed by atoms with Crippen molar-refractivity contribution >= 4 is 5.91 Å². The molecule has 2 aromatic heterocycles. The van der Waals surface area contributed by atoms with Crippen LogP contribution in [0.3, 0.4) is 0 Å². The molecule has 1 saturated heterocycles. The molecule has 7 nitrogen and oxygen atoms in total. The van der Waals surface area contributed by atoms with Gasteiger partial charge in [0.05, 0.1) is 32.5 Å². The maximum absolute atomic E-state index is 12.7. The van der Waals surface area contributed by atoms with Gasteiger partial charge in [-0.05, 0) is 42.3 Å². The zero-order valence-corrected chi connectivity index (χ0v) is 18.1. The Morgan fingerprint density at radius 3 is 2.65 bits per heavy atom. The second-order valence-electron chi connectivity index (χ2n) is 8.45. The van der Waals surface area contributed by atoms with Crippen molar-refractivity contribution in [3.05, 3.63) is 60.2 Å². The molecule has 0 radical (unpaired) electrons. The van der Waals surface area contributed by atoms with Crippen molar-refractivity contribution in [1.29, 1.82) is 0 Å². The first kappa shape index (κ1) is 21.2. The van der Waals surface area contributed by atoms with Crippen molar-refractivity contribution in [3.8, 4) is 17.1 Å². The first-order valence-electron chi connectivity index (χ1n) is 11.0. The molecule has 1 aliphatic rings. The zero-order chi connectivity index (χ0) is 21.6. The summed E-state index contributed by atoms with van der Waals surface area (Å²) in [5.74, 6) is 2.48. The first-order valence-corrected chi connectivity index (χ1v) is 11.0. The Kier molecular flexibility index (Phi) is 6.72. The summed E-state index contributed by atoms with van der Waals surface area (Å²) in [6, 6.07) is 13.2. The average molecular weight is 425 g/mol. The average Bonchev–Trinajstić information content (AvgIpc) is 3.55. The fourth-order valence-electron chi connectivity index (χ4n) is 3.90. The Bertz CT molecular complexity index is 957. The summed E-state index contributed by atoms with van der Waals surface area (Å²) in [5, 5.41) is 6.97. The number of rotatable bonds is 9. The number of furan rings is 1. The van der Waals surface area contributed by atoms with E-state index in [-0.39, 0.29) is 17.6 Å². The third kappa shape index (κ3) is 5.35. The van der Waals surface area contributed by atoms with Gasteiger partial charge < -0.3 is 23.9 Å². The lowest BCUT2D eigenvalue weighted by Crippen LogP contribution is -3.11. The summed E-state index contributed by atoms with van der Waals surface area (Å²) in [6.07, 6.45) is 4.09. The van der Waals surface area contributed by atoms with Crippen LogP contribution in [0.2, 0.25) is 0 Å². The Balaban J connectivity index is 1.37. The lowest BCUT2D eigenvalue weighted by atomic mass is 10.1. The van der Waals surface area contributed by atoms with Crippen LogP contribution in [-0.4, -0.2) is 37.3 Å². The topological polar surface area (TPSA) is 81.9 Å². The molecule has 1 atom stereocenters. The Morgan fingerprint density at radius 1 is 1.19 bits per heavy atom. The second-order valence-corrected chi connectivity index (χ2v) is 8.45. The quantitative estimate of drug-likeness (QED) is 0.552. The van der Waals surface area contributed by atoms with Crippen LogP contribution in [0, 0.1) is 5.92 Å². The minimum absolute atomic E-state index is 0.103. The van der Waals surface area contributed by atoms with E-state index in [1.54, 1.807) is 12.3 Å². The fraction of sp³-hybridized carbons (Fsp3) is 0.417. The van der Waals surface area contributed by atoms with E-state index >= 15 is 0 Å². The molecule has 4 rings (SSSR count). The standard InChI is InChI=1S/C24H29N3O4/c1-17(2)16-30-19-9-7-18(8-10-19)23-14-20(26-31-23)24(28)25-15-21(22-6-5-13-29-22)27-11-3-4-12-27/h5-10,13-14,17,21H,3-4,11-12,15-16H2,1-2H3,(H,25,28)/p+1/t21-/m0/s1. The van der Waals surface area contributed by atoms with E-state index in [0.717, 1.165) is 30.2 Å². The third-order valence-electron chi connectivity index (χ3n) is 5.56. The van der Waals surface area contributed by atoms with Gasteiger partial charge in [-0.1, -0.05) is 19.0 Å². The summed E-state index contributed by atoms with van der Waals surface area (Å²) in [5.41, 5.74) is 1.11. The zero-order valence-electron chi connectivity index (χ0n) is 18.1. The predicted octanol–water partition coefficient (Wildman–Crippen LogP) is 3.12. The van der Waals surface area contributed by atoms with E-state index in [1.165, 1.54) is 17.7 Å². The maximum atomic E-state index is 12.7. The van der Waals surface area contributed by atoms with E-state index < -0.39 is 0 Å². The highest BCUT2D eigenvalue weighted by atomic mass is 16.5. The minimum atomic E-state index is -0.248. The van der Waals surface area contributed by atoms with Gasteiger partial charge in [-0.2, -0.15) is 0 Å². The number of benzene rings is 1. The third-order valence-corrected chi connectivity index (χ3v) is 5.56.